The summed E-state index contributed by atoms with van der Waals surface area (Å²) in [6.07, 6.45) is 6.90. The van der Waals surface area contributed by atoms with Gasteiger partial charge >= 0.3 is 0 Å². The molecule has 1 nitrogen and oxygen atoms in total. The Kier molecular flexibility index (Phi) is 1.69. The Morgan fingerprint density at radius 2 is 2.07 bits per heavy atom. The monoisotopic (exact) mass is 192 g/mol. The van der Waals surface area contributed by atoms with Gasteiger partial charge in [0.05, 0.1) is 5.60 Å². The summed E-state index contributed by atoms with van der Waals surface area (Å²) in [7, 11) is 1.88. The quantitative estimate of drug-likeness (QED) is 0.580. The van der Waals surface area contributed by atoms with Crippen molar-refractivity contribution in [2.45, 2.75) is 38.7 Å². The lowest BCUT2D eigenvalue weighted by atomic mass is 9.74. The molecule has 0 heterocycles. The van der Waals surface area contributed by atoms with Gasteiger partial charge in [0, 0.05) is 13.0 Å². The van der Waals surface area contributed by atoms with Gasteiger partial charge in [-0.25, -0.2) is 0 Å². The first-order valence-electron chi connectivity index (χ1n) is 5.91. The molecule has 1 heteroatoms. The zero-order chi connectivity index (χ0) is 9.92. The van der Waals surface area contributed by atoms with E-state index in [1.165, 1.54) is 24.8 Å². The maximum atomic E-state index is 5.81. The van der Waals surface area contributed by atoms with E-state index in [0.717, 1.165) is 23.7 Å². The van der Waals surface area contributed by atoms with Crippen LogP contribution in [0.15, 0.2) is 11.6 Å². The van der Waals surface area contributed by atoms with Crippen LogP contribution in [0.1, 0.15) is 33.1 Å². The number of allylic oxidation sites excluding steroid dienone is 1. The third-order valence-corrected chi connectivity index (χ3v) is 5.27. The number of methoxy groups -OCH3 is 1. The molecule has 0 spiro atoms. The minimum absolute atomic E-state index is 0.0600. The van der Waals surface area contributed by atoms with Crippen molar-refractivity contribution in [1.29, 1.82) is 0 Å². The van der Waals surface area contributed by atoms with Crippen LogP contribution < -0.4 is 0 Å². The van der Waals surface area contributed by atoms with Gasteiger partial charge in [0.2, 0.25) is 0 Å². The molecule has 0 radical (unpaired) electrons. The fourth-order valence-corrected chi connectivity index (χ4v) is 4.41. The minimum Gasteiger partial charge on any atom is -0.374 e. The van der Waals surface area contributed by atoms with E-state index < -0.39 is 0 Å². The number of rotatable bonds is 1. The number of ether oxygens (including phenoxy) is 1. The maximum Gasteiger partial charge on any atom is 0.0893 e. The molecule has 0 aromatic carbocycles. The van der Waals surface area contributed by atoms with Gasteiger partial charge in [-0.2, -0.15) is 0 Å². The minimum atomic E-state index is 0.0600. The second-order valence-electron chi connectivity index (χ2n) is 5.60. The Morgan fingerprint density at radius 1 is 1.36 bits per heavy atom. The van der Waals surface area contributed by atoms with Crippen LogP contribution in [0.3, 0.4) is 0 Å². The summed E-state index contributed by atoms with van der Waals surface area (Å²) in [5, 5.41) is 0. The molecule has 0 aliphatic heterocycles. The van der Waals surface area contributed by atoms with Crippen molar-refractivity contribution in [3.63, 3.8) is 0 Å². The second kappa shape index (κ2) is 2.63. The Hall–Kier alpha value is -0.300. The lowest BCUT2D eigenvalue weighted by molar-refractivity contribution is -0.0320. The molecule has 3 rings (SSSR count). The first-order chi connectivity index (χ1) is 6.66. The SMILES string of the molecule is COC1(C)C(C)=CC2C3CCC(C3)C21. The van der Waals surface area contributed by atoms with Gasteiger partial charge in [0.15, 0.2) is 0 Å². The van der Waals surface area contributed by atoms with Crippen LogP contribution in [0.25, 0.3) is 0 Å². The summed E-state index contributed by atoms with van der Waals surface area (Å²) in [6.45, 7) is 4.55. The summed E-state index contributed by atoms with van der Waals surface area (Å²) in [5.41, 5.74) is 1.54. The van der Waals surface area contributed by atoms with Crippen LogP contribution in [0.2, 0.25) is 0 Å². The Balaban J connectivity index is 2.00. The third-order valence-electron chi connectivity index (χ3n) is 5.27. The largest absolute Gasteiger partial charge is 0.374 e. The van der Waals surface area contributed by atoms with Crippen LogP contribution in [0.4, 0.5) is 0 Å². The topological polar surface area (TPSA) is 9.23 Å². The lowest BCUT2D eigenvalue weighted by Crippen LogP contribution is -2.40. The highest BCUT2D eigenvalue weighted by atomic mass is 16.5. The van der Waals surface area contributed by atoms with Crippen LogP contribution in [-0.4, -0.2) is 12.7 Å². The van der Waals surface area contributed by atoms with E-state index >= 15 is 0 Å². The van der Waals surface area contributed by atoms with Crippen molar-refractivity contribution in [3.8, 4) is 0 Å². The van der Waals surface area contributed by atoms with Gasteiger partial charge in [0.25, 0.3) is 0 Å². The zero-order valence-electron chi connectivity index (χ0n) is 9.42. The van der Waals surface area contributed by atoms with E-state index in [9.17, 15) is 0 Å². The van der Waals surface area contributed by atoms with E-state index in [2.05, 4.69) is 19.9 Å². The molecule has 2 saturated carbocycles. The molecule has 5 atom stereocenters. The standard InChI is InChI=1S/C13H20O/c1-8-6-11-9-4-5-10(7-9)12(11)13(8,2)14-3/h6,9-12H,4-5,7H2,1-3H3. The van der Waals surface area contributed by atoms with Crippen molar-refractivity contribution in [3.05, 3.63) is 11.6 Å². The van der Waals surface area contributed by atoms with Crippen molar-refractivity contribution in [1.82, 2.24) is 0 Å². The molecule has 3 aliphatic carbocycles. The van der Waals surface area contributed by atoms with Gasteiger partial charge in [-0.05, 0) is 56.4 Å². The van der Waals surface area contributed by atoms with E-state index in [-0.39, 0.29) is 5.60 Å². The van der Waals surface area contributed by atoms with Crippen molar-refractivity contribution in [2.24, 2.45) is 23.7 Å². The highest BCUT2D eigenvalue weighted by Gasteiger charge is 2.57. The van der Waals surface area contributed by atoms with E-state index in [1.54, 1.807) is 0 Å². The predicted molar refractivity (Wildman–Crippen MR) is 57.0 cm³/mol. The van der Waals surface area contributed by atoms with Crippen molar-refractivity contribution < 1.29 is 4.74 Å². The highest BCUT2D eigenvalue weighted by Crippen LogP contribution is 2.61. The molecule has 0 amide bonds. The average molecular weight is 192 g/mol. The molecule has 3 aliphatic rings. The van der Waals surface area contributed by atoms with Crippen molar-refractivity contribution >= 4 is 0 Å². The average Bonchev–Trinajstić information content (AvgIpc) is 2.81. The smallest absolute Gasteiger partial charge is 0.0893 e. The van der Waals surface area contributed by atoms with Crippen LogP contribution in [-0.2, 0) is 4.74 Å². The Bertz CT molecular complexity index is 294. The van der Waals surface area contributed by atoms with Gasteiger partial charge in [-0.1, -0.05) is 6.08 Å². The first-order valence-corrected chi connectivity index (χ1v) is 5.91. The number of hydrogen-bond acceptors (Lipinski definition) is 1. The summed E-state index contributed by atoms with van der Waals surface area (Å²) in [4.78, 5) is 0. The predicted octanol–water partition coefficient (Wildman–Crippen LogP) is 3.01. The van der Waals surface area contributed by atoms with Gasteiger partial charge in [-0.3, -0.25) is 0 Å². The summed E-state index contributed by atoms with van der Waals surface area (Å²) in [5.74, 6) is 3.57. The molecule has 0 aromatic heterocycles. The summed E-state index contributed by atoms with van der Waals surface area (Å²) < 4.78 is 5.81. The van der Waals surface area contributed by atoms with Gasteiger partial charge < -0.3 is 4.74 Å². The lowest BCUT2D eigenvalue weighted by Gasteiger charge is -2.37. The molecule has 14 heavy (non-hydrogen) atoms. The van der Waals surface area contributed by atoms with Gasteiger partial charge in [0.1, 0.15) is 0 Å². The fraction of sp³-hybridized carbons (Fsp3) is 0.846. The molecule has 0 saturated heterocycles. The molecule has 78 valence electrons. The zero-order valence-corrected chi connectivity index (χ0v) is 9.42. The number of hydrogen-bond donors (Lipinski definition) is 0. The Morgan fingerprint density at radius 3 is 2.79 bits per heavy atom. The molecule has 2 bridgehead atoms. The van der Waals surface area contributed by atoms with Crippen LogP contribution >= 0.6 is 0 Å². The molecular weight excluding hydrogens is 172 g/mol. The molecule has 0 aromatic rings. The Labute approximate surface area is 86.5 Å². The number of fused-ring (bicyclic) bond motifs is 5. The van der Waals surface area contributed by atoms with Crippen LogP contribution in [0, 0.1) is 23.7 Å². The summed E-state index contributed by atoms with van der Waals surface area (Å²) >= 11 is 0. The first kappa shape index (κ1) is 8.96. The van der Waals surface area contributed by atoms with Gasteiger partial charge in [-0.15, -0.1) is 0 Å². The van der Waals surface area contributed by atoms with Crippen molar-refractivity contribution in [2.75, 3.05) is 7.11 Å². The maximum absolute atomic E-state index is 5.81. The van der Waals surface area contributed by atoms with E-state index in [4.69, 9.17) is 4.74 Å². The third kappa shape index (κ3) is 0.850. The molecular formula is C13H20O. The molecule has 5 unspecified atom stereocenters. The molecule has 2 fully saturated rings. The molecule has 0 N–H and O–H groups in total. The van der Waals surface area contributed by atoms with E-state index in [1.807, 2.05) is 7.11 Å². The fourth-order valence-electron chi connectivity index (χ4n) is 4.41. The van der Waals surface area contributed by atoms with Crippen LogP contribution in [0.5, 0.6) is 0 Å². The summed E-state index contributed by atoms with van der Waals surface area (Å²) in [6, 6.07) is 0. The highest BCUT2D eigenvalue weighted by molar-refractivity contribution is 5.29. The second-order valence-corrected chi connectivity index (χ2v) is 5.60. The normalized spacial score (nSPS) is 54.9. The van der Waals surface area contributed by atoms with E-state index in [0.29, 0.717) is 0 Å².